The first-order chi connectivity index (χ1) is 9.88. The van der Waals surface area contributed by atoms with Crippen molar-refractivity contribution in [1.82, 2.24) is 15.1 Å². The molecule has 3 rings (SSSR count). The van der Waals surface area contributed by atoms with E-state index in [-0.39, 0.29) is 0 Å². The van der Waals surface area contributed by atoms with Gasteiger partial charge >= 0.3 is 0 Å². The minimum atomic E-state index is 0.451. The van der Waals surface area contributed by atoms with E-state index in [0.29, 0.717) is 12.6 Å². The van der Waals surface area contributed by atoms with Gasteiger partial charge in [-0.15, -0.1) is 0 Å². The van der Waals surface area contributed by atoms with Crippen molar-refractivity contribution in [3.63, 3.8) is 0 Å². The Morgan fingerprint density at radius 1 is 1.35 bits per heavy atom. The molecule has 1 aromatic heterocycles. The lowest BCUT2D eigenvalue weighted by Gasteiger charge is -2.24. The molecule has 0 spiro atoms. The van der Waals surface area contributed by atoms with Gasteiger partial charge in [-0.25, -0.2) is 0 Å². The number of aromatic amines is 1. The van der Waals surface area contributed by atoms with Crippen LogP contribution in [0.1, 0.15) is 37.1 Å². The van der Waals surface area contributed by atoms with Crippen LogP contribution in [-0.4, -0.2) is 28.2 Å². The number of ether oxygens (including phenoxy) is 1. The van der Waals surface area contributed by atoms with Crippen molar-refractivity contribution in [2.75, 3.05) is 13.2 Å². The fourth-order valence-electron chi connectivity index (χ4n) is 2.97. The maximum Gasteiger partial charge on any atom is 0.123 e. The van der Waals surface area contributed by atoms with Crippen molar-refractivity contribution >= 4 is 0 Å². The molecule has 0 amide bonds. The molecule has 1 aliphatic heterocycles. The summed E-state index contributed by atoms with van der Waals surface area (Å²) < 4.78 is 5.73. The molecule has 4 heteroatoms. The number of benzene rings is 1. The number of H-pyrrole nitrogens is 1. The molecule has 1 fully saturated rings. The Morgan fingerprint density at radius 3 is 3.05 bits per heavy atom. The van der Waals surface area contributed by atoms with E-state index in [9.17, 15) is 0 Å². The summed E-state index contributed by atoms with van der Waals surface area (Å²) in [5.41, 5.74) is 2.48. The Morgan fingerprint density at radius 2 is 2.25 bits per heavy atom. The van der Waals surface area contributed by atoms with Crippen LogP contribution in [0.2, 0.25) is 0 Å². The van der Waals surface area contributed by atoms with Crippen molar-refractivity contribution in [3.8, 4) is 5.75 Å². The summed E-state index contributed by atoms with van der Waals surface area (Å²) in [6.07, 6.45) is 4.26. The first-order valence-corrected chi connectivity index (χ1v) is 7.32. The first kappa shape index (κ1) is 13.2. The van der Waals surface area contributed by atoms with Gasteiger partial charge in [0.05, 0.1) is 18.3 Å². The van der Waals surface area contributed by atoms with Crippen molar-refractivity contribution in [2.24, 2.45) is 0 Å². The van der Waals surface area contributed by atoms with Gasteiger partial charge in [-0.05, 0) is 38.4 Å². The Balaban J connectivity index is 1.77. The van der Waals surface area contributed by atoms with Crippen molar-refractivity contribution in [2.45, 2.75) is 32.4 Å². The van der Waals surface area contributed by atoms with Crippen LogP contribution < -0.4 is 4.74 Å². The van der Waals surface area contributed by atoms with Gasteiger partial charge in [0, 0.05) is 18.3 Å². The zero-order valence-corrected chi connectivity index (χ0v) is 11.9. The molecule has 106 valence electrons. The molecule has 4 nitrogen and oxygen atoms in total. The van der Waals surface area contributed by atoms with Crippen LogP contribution in [0.25, 0.3) is 0 Å². The van der Waals surface area contributed by atoms with Crippen LogP contribution >= 0.6 is 0 Å². The Hall–Kier alpha value is -1.81. The lowest BCUT2D eigenvalue weighted by atomic mass is 10.1. The standard InChI is InChI=1S/C16H21N3O/c1-2-20-16-8-4-3-6-13(16)12-19-11-5-7-15(19)14-9-10-17-18-14/h3-4,6,8-10,15H,2,5,7,11-12H2,1H3,(H,17,18). The molecular formula is C16H21N3O. The highest BCUT2D eigenvalue weighted by Gasteiger charge is 2.27. The molecule has 0 saturated carbocycles. The van der Waals surface area contributed by atoms with Crippen LogP contribution in [-0.2, 0) is 6.54 Å². The van der Waals surface area contributed by atoms with Gasteiger partial charge in [-0.1, -0.05) is 18.2 Å². The van der Waals surface area contributed by atoms with Gasteiger partial charge in [0.15, 0.2) is 0 Å². The molecule has 0 bridgehead atoms. The van der Waals surface area contributed by atoms with Crippen LogP contribution in [0.3, 0.4) is 0 Å². The van der Waals surface area contributed by atoms with Gasteiger partial charge in [0.2, 0.25) is 0 Å². The highest BCUT2D eigenvalue weighted by atomic mass is 16.5. The average Bonchev–Trinajstić information content (AvgIpc) is 3.11. The molecule has 1 N–H and O–H groups in total. The summed E-state index contributed by atoms with van der Waals surface area (Å²) in [6, 6.07) is 10.9. The summed E-state index contributed by atoms with van der Waals surface area (Å²) in [6.45, 7) is 4.80. The van der Waals surface area contributed by atoms with E-state index in [1.54, 1.807) is 0 Å². The highest BCUT2D eigenvalue weighted by molar-refractivity contribution is 5.33. The average molecular weight is 271 g/mol. The number of hydrogen-bond acceptors (Lipinski definition) is 3. The number of nitrogens with zero attached hydrogens (tertiary/aromatic N) is 2. The highest BCUT2D eigenvalue weighted by Crippen LogP contribution is 2.33. The second-order valence-corrected chi connectivity index (χ2v) is 5.18. The number of hydrogen-bond donors (Lipinski definition) is 1. The summed E-state index contributed by atoms with van der Waals surface area (Å²) in [7, 11) is 0. The molecule has 1 unspecified atom stereocenters. The van der Waals surface area contributed by atoms with Gasteiger partial charge in [0.1, 0.15) is 5.75 Å². The summed E-state index contributed by atoms with van der Waals surface area (Å²) >= 11 is 0. The molecule has 1 saturated heterocycles. The number of likely N-dealkylation sites (tertiary alicyclic amines) is 1. The van der Waals surface area contributed by atoms with E-state index < -0.39 is 0 Å². The van der Waals surface area contributed by atoms with Gasteiger partial charge in [-0.2, -0.15) is 5.10 Å². The van der Waals surface area contributed by atoms with Gasteiger partial charge < -0.3 is 4.74 Å². The van der Waals surface area contributed by atoms with E-state index in [2.05, 4.69) is 39.4 Å². The summed E-state index contributed by atoms with van der Waals surface area (Å²) in [5.74, 6) is 1.00. The van der Waals surface area contributed by atoms with Crippen molar-refractivity contribution in [1.29, 1.82) is 0 Å². The maximum absolute atomic E-state index is 5.73. The minimum Gasteiger partial charge on any atom is -0.494 e. The topological polar surface area (TPSA) is 41.1 Å². The SMILES string of the molecule is CCOc1ccccc1CN1CCCC1c1ccn[nH]1. The minimum absolute atomic E-state index is 0.451. The molecule has 2 heterocycles. The van der Waals surface area contributed by atoms with E-state index >= 15 is 0 Å². The number of para-hydroxylation sites is 1. The molecule has 0 aliphatic carbocycles. The van der Waals surface area contributed by atoms with E-state index in [1.165, 1.54) is 24.1 Å². The zero-order valence-electron chi connectivity index (χ0n) is 11.9. The van der Waals surface area contributed by atoms with Crippen LogP contribution in [0.4, 0.5) is 0 Å². The van der Waals surface area contributed by atoms with E-state index in [1.807, 2.05) is 19.2 Å². The van der Waals surface area contributed by atoms with E-state index in [4.69, 9.17) is 4.74 Å². The predicted octanol–water partition coefficient (Wildman–Crippen LogP) is 3.15. The largest absolute Gasteiger partial charge is 0.494 e. The maximum atomic E-state index is 5.73. The van der Waals surface area contributed by atoms with Crippen LogP contribution in [0.5, 0.6) is 5.75 Å². The molecule has 1 aliphatic rings. The Labute approximate surface area is 119 Å². The molecule has 20 heavy (non-hydrogen) atoms. The predicted molar refractivity (Wildman–Crippen MR) is 78.6 cm³/mol. The monoisotopic (exact) mass is 271 g/mol. The quantitative estimate of drug-likeness (QED) is 0.908. The van der Waals surface area contributed by atoms with Crippen LogP contribution in [0, 0.1) is 0 Å². The molecule has 2 aromatic rings. The fourth-order valence-corrected chi connectivity index (χ4v) is 2.97. The van der Waals surface area contributed by atoms with Gasteiger partial charge in [0.25, 0.3) is 0 Å². The van der Waals surface area contributed by atoms with Gasteiger partial charge in [-0.3, -0.25) is 10.00 Å². The normalized spacial score (nSPS) is 19.4. The Kier molecular flexibility index (Phi) is 4.02. The Bertz CT molecular complexity index is 538. The first-order valence-electron chi connectivity index (χ1n) is 7.32. The summed E-state index contributed by atoms with van der Waals surface area (Å²) in [5, 5.41) is 7.19. The third-order valence-electron chi connectivity index (χ3n) is 3.89. The number of rotatable bonds is 5. The number of aromatic nitrogens is 2. The lowest BCUT2D eigenvalue weighted by molar-refractivity contribution is 0.238. The second kappa shape index (κ2) is 6.09. The molecule has 1 aromatic carbocycles. The van der Waals surface area contributed by atoms with Crippen molar-refractivity contribution in [3.05, 3.63) is 47.8 Å². The summed E-state index contributed by atoms with van der Waals surface area (Å²) in [4.78, 5) is 2.51. The van der Waals surface area contributed by atoms with E-state index in [0.717, 1.165) is 18.8 Å². The second-order valence-electron chi connectivity index (χ2n) is 5.18. The third-order valence-corrected chi connectivity index (χ3v) is 3.89. The smallest absolute Gasteiger partial charge is 0.123 e. The molecule has 1 atom stereocenters. The molecular weight excluding hydrogens is 250 g/mol. The third kappa shape index (κ3) is 2.70. The lowest BCUT2D eigenvalue weighted by Crippen LogP contribution is -2.23. The van der Waals surface area contributed by atoms with Crippen LogP contribution in [0.15, 0.2) is 36.5 Å². The zero-order chi connectivity index (χ0) is 13.8. The molecule has 0 radical (unpaired) electrons. The van der Waals surface area contributed by atoms with Crippen molar-refractivity contribution < 1.29 is 4.74 Å². The fraction of sp³-hybridized carbons (Fsp3) is 0.438. The number of nitrogens with one attached hydrogen (secondary N) is 1.